The summed E-state index contributed by atoms with van der Waals surface area (Å²) >= 11 is 0. The van der Waals surface area contributed by atoms with E-state index in [9.17, 15) is 19.2 Å². The minimum absolute atomic E-state index is 0.0444. The maximum absolute atomic E-state index is 11.9. The van der Waals surface area contributed by atoms with Crippen LogP contribution in [-0.4, -0.2) is 50.3 Å². The predicted octanol–water partition coefficient (Wildman–Crippen LogP) is 11.2. The van der Waals surface area contributed by atoms with E-state index < -0.39 is 11.9 Å². The van der Waals surface area contributed by atoms with E-state index in [4.69, 9.17) is 18.9 Å². The number of hydrogen-bond acceptors (Lipinski definition) is 8. The van der Waals surface area contributed by atoms with Gasteiger partial charge in [-0.05, 0) is 62.5 Å². The molecule has 0 amide bonds. The first-order valence-electron chi connectivity index (χ1n) is 20.0. The van der Waals surface area contributed by atoms with Gasteiger partial charge in [0, 0.05) is 12.8 Å². The van der Waals surface area contributed by atoms with Crippen molar-refractivity contribution >= 4 is 23.9 Å². The molecule has 0 N–H and O–H groups in total. The third-order valence-electron chi connectivity index (χ3n) is 8.89. The lowest BCUT2D eigenvalue weighted by atomic mass is 10.0. The monoisotopic (exact) mass is 705 g/mol. The molecule has 50 heavy (non-hydrogen) atoms. The Balaban J connectivity index is 0.00000104. The van der Waals surface area contributed by atoms with Crippen LogP contribution >= 0.6 is 0 Å². The van der Waals surface area contributed by atoms with Crippen molar-refractivity contribution in [1.82, 2.24) is 0 Å². The summed E-state index contributed by atoms with van der Waals surface area (Å²) in [5.74, 6) is 0.00610. The molecule has 0 spiro atoms. The quantitative estimate of drug-likeness (QED) is 0.0461. The van der Waals surface area contributed by atoms with E-state index in [1.54, 1.807) is 24.3 Å². The number of hydrogen-bond donors (Lipinski definition) is 0. The summed E-state index contributed by atoms with van der Waals surface area (Å²) in [6.07, 6.45) is 20.1. The molecule has 0 aliphatic heterocycles. The second-order valence-corrected chi connectivity index (χ2v) is 13.3. The highest BCUT2D eigenvalue weighted by Crippen LogP contribution is 2.16. The van der Waals surface area contributed by atoms with Crippen molar-refractivity contribution in [1.29, 1.82) is 0 Å². The molecule has 0 saturated heterocycles. The molecule has 0 bridgehead atoms. The number of rotatable bonds is 29. The van der Waals surface area contributed by atoms with Gasteiger partial charge in [0.05, 0.1) is 37.6 Å². The molecule has 288 valence electrons. The Hall–Kier alpha value is -2.90. The lowest BCUT2D eigenvalue weighted by Crippen LogP contribution is -2.14. The summed E-state index contributed by atoms with van der Waals surface area (Å²) in [6.45, 7) is 14.7. The summed E-state index contributed by atoms with van der Waals surface area (Å²) in [7, 11) is 0. The fourth-order valence-corrected chi connectivity index (χ4v) is 5.22. The van der Waals surface area contributed by atoms with Gasteiger partial charge >= 0.3 is 23.9 Å². The molecule has 8 heteroatoms. The van der Waals surface area contributed by atoms with E-state index in [1.807, 2.05) is 13.8 Å². The van der Waals surface area contributed by atoms with E-state index in [-0.39, 0.29) is 23.1 Å². The molecule has 2 unspecified atom stereocenters. The van der Waals surface area contributed by atoms with Crippen LogP contribution in [0.25, 0.3) is 0 Å². The fourth-order valence-electron chi connectivity index (χ4n) is 5.22. The number of benzene rings is 1. The Labute approximate surface area is 305 Å². The van der Waals surface area contributed by atoms with Crippen LogP contribution in [0, 0.1) is 11.8 Å². The molecule has 1 rings (SSSR count). The van der Waals surface area contributed by atoms with Crippen molar-refractivity contribution < 1.29 is 38.1 Å². The number of unbranched alkanes of at least 4 members (excludes halogenated alkanes) is 9. The van der Waals surface area contributed by atoms with Crippen LogP contribution in [0.1, 0.15) is 191 Å². The first-order chi connectivity index (χ1) is 24.3. The first-order valence-corrected chi connectivity index (χ1v) is 20.0. The maximum Gasteiger partial charge on any atom is 0.339 e. The van der Waals surface area contributed by atoms with Crippen molar-refractivity contribution in [2.45, 2.75) is 170 Å². The Morgan fingerprint density at radius 3 is 1.18 bits per heavy atom. The van der Waals surface area contributed by atoms with Gasteiger partial charge in [0.15, 0.2) is 0 Å². The lowest BCUT2D eigenvalue weighted by molar-refractivity contribution is -0.146. The van der Waals surface area contributed by atoms with Gasteiger partial charge in [-0.2, -0.15) is 0 Å². The van der Waals surface area contributed by atoms with Crippen LogP contribution in [0.15, 0.2) is 24.3 Å². The second-order valence-electron chi connectivity index (χ2n) is 13.3. The predicted molar refractivity (Wildman–Crippen MR) is 202 cm³/mol. The van der Waals surface area contributed by atoms with Crippen LogP contribution in [0.2, 0.25) is 0 Å². The van der Waals surface area contributed by atoms with E-state index in [2.05, 4.69) is 27.7 Å². The van der Waals surface area contributed by atoms with Crippen molar-refractivity contribution in [3.05, 3.63) is 35.4 Å². The minimum Gasteiger partial charge on any atom is -0.465 e. The molecular formula is C42H72O8. The zero-order valence-corrected chi connectivity index (χ0v) is 32.7. The largest absolute Gasteiger partial charge is 0.465 e. The van der Waals surface area contributed by atoms with Gasteiger partial charge < -0.3 is 18.9 Å². The third-order valence-corrected chi connectivity index (χ3v) is 8.89. The molecule has 0 aromatic heterocycles. The molecule has 8 nitrogen and oxygen atoms in total. The zero-order valence-electron chi connectivity index (χ0n) is 32.7. The molecule has 1 aromatic rings. The second kappa shape index (κ2) is 33.3. The lowest BCUT2D eigenvalue weighted by Gasteiger charge is -2.14. The molecule has 0 fully saturated rings. The number of carbonyl (C=O) groups is 4. The molecule has 0 heterocycles. The summed E-state index contributed by atoms with van der Waals surface area (Å²) < 4.78 is 21.2. The number of esters is 4. The number of ether oxygens (including phenoxy) is 4. The van der Waals surface area contributed by atoms with Crippen LogP contribution < -0.4 is 0 Å². The van der Waals surface area contributed by atoms with Gasteiger partial charge in [0.1, 0.15) is 0 Å². The smallest absolute Gasteiger partial charge is 0.339 e. The zero-order chi connectivity index (χ0) is 37.2. The van der Waals surface area contributed by atoms with Gasteiger partial charge in [-0.3, -0.25) is 9.59 Å². The van der Waals surface area contributed by atoms with Crippen LogP contribution in [0.5, 0.6) is 0 Å². The van der Waals surface area contributed by atoms with Gasteiger partial charge in [-0.25, -0.2) is 9.59 Å². The topological polar surface area (TPSA) is 105 Å². The Morgan fingerprint density at radius 2 is 0.840 bits per heavy atom. The van der Waals surface area contributed by atoms with Gasteiger partial charge in [-0.1, -0.05) is 131 Å². The molecule has 1 aromatic carbocycles. The van der Waals surface area contributed by atoms with Crippen molar-refractivity contribution in [3.8, 4) is 0 Å². The maximum atomic E-state index is 11.9. The van der Waals surface area contributed by atoms with Gasteiger partial charge in [-0.15, -0.1) is 0 Å². The van der Waals surface area contributed by atoms with E-state index in [0.29, 0.717) is 51.1 Å². The average Bonchev–Trinajstić information content (AvgIpc) is 3.13. The third kappa shape index (κ3) is 25.1. The fraction of sp³-hybridized carbons (Fsp3) is 0.762. The normalized spacial score (nSPS) is 11.9. The standard InChI is InChI=1S/C26H50O4.C16H22O4/c1-5-9-17-23(7-3)21-29-25(27)19-15-13-11-12-14-16-20-26(28)30-22-24(8-4)18-10-6-2;1-3-5-11-19-15(17)13-9-7-8-10-14(13)16(18)20-12-6-4-2/h23-24H,5-22H2,1-4H3;7-10H,3-6,11-12H2,1-2H3. The SMILES string of the molecule is CCCCC(CC)COC(=O)CCCCCCCCC(=O)OCC(CC)CCCC.CCCCOC(=O)c1ccccc1C(=O)OCCCC. The van der Waals surface area contributed by atoms with Crippen molar-refractivity contribution in [3.63, 3.8) is 0 Å². The molecular weight excluding hydrogens is 632 g/mol. The average molecular weight is 705 g/mol. The Morgan fingerprint density at radius 1 is 0.480 bits per heavy atom. The Kier molecular flexibility index (Phi) is 31.3. The highest BCUT2D eigenvalue weighted by Gasteiger charge is 2.18. The molecule has 2 atom stereocenters. The summed E-state index contributed by atoms with van der Waals surface area (Å²) in [6, 6.07) is 6.59. The molecule has 0 aliphatic carbocycles. The highest BCUT2D eigenvalue weighted by molar-refractivity contribution is 6.03. The Bertz CT molecular complexity index is 928. The molecule has 0 aliphatic rings. The van der Waals surface area contributed by atoms with E-state index in [0.717, 1.165) is 89.9 Å². The highest BCUT2D eigenvalue weighted by atomic mass is 16.5. The molecule has 0 saturated carbocycles. The van der Waals surface area contributed by atoms with Crippen LogP contribution in [0.4, 0.5) is 0 Å². The number of carbonyl (C=O) groups excluding carboxylic acids is 4. The summed E-state index contributed by atoms with van der Waals surface area (Å²) in [4.78, 5) is 47.6. The first kappa shape index (κ1) is 47.1. The van der Waals surface area contributed by atoms with Crippen LogP contribution in [0.3, 0.4) is 0 Å². The van der Waals surface area contributed by atoms with E-state index in [1.165, 1.54) is 25.7 Å². The van der Waals surface area contributed by atoms with Gasteiger partial charge in [0.25, 0.3) is 0 Å². The van der Waals surface area contributed by atoms with E-state index >= 15 is 0 Å². The molecule has 0 radical (unpaired) electrons. The minimum atomic E-state index is -0.471. The van der Waals surface area contributed by atoms with Gasteiger partial charge in [0.2, 0.25) is 0 Å². The summed E-state index contributed by atoms with van der Waals surface area (Å²) in [5.41, 5.74) is 0.537. The van der Waals surface area contributed by atoms with Crippen molar-refractivity contribution in [2.24, 2.45) is 11.8 Å². The summed E-state index contributed by atoms with van der Waals surface area (Å²) in [5, 5.41) is 0. The van der Waals surface area contributed by atoms with Crippen molar-refractivity contribution in [2.75, 3.05) is 26.4 Å². The van der Waals surface area contributed by atoms with Crippen LogP contribution in [-0.2, 0) is 28.5 Å².